The van der Waals surface area contributed by atoms with Crippen LogP contribution in [-0.4, -0.2) is 15.9 Å². The van der Waals surface area contributed by atoms with E-state index in [4.69, 9.17) is 0 Å². The highest BCUT2D eigenvalue weighted by Crippen LogP contribution is 2.13. The zero-order chi connectivity index (χ0) is 7.84. The maximum absolute atomic E-state index is 11.0. The fourth-order valence-corrected chi connectivity index (χ4v) is 1.04. The first-order valence-corrected chi connectivity index (χ1v) is 3.14. The second-order valence-electron chi connectivity index (χ2n) is 2.28. The quantitative estimate of drug-likeness (QED) is 0.513. The van der Waals surface area contributed by atoms with Gasteiger partial charge in [-0.2, -0.15) is 0 Å². The Morgan fingerprint density at radius 1 is 1.45 bits per heavy atom. The molecule has 0 bridgehead atoms. The van der Waals surface area contributed by atoms with E-state index in [0.29, 0.717) is 11.4 Å². The molecule has 0 saturated heterocycles. The zero-order valence-electron chi connectivity index (χ0n) is 5.55. The summed E-state index contributed by atoms with van der Waals surface area (Å²) in [5.74, 6) is 0.211. The minimum absolute atomic E-state index is 0.137. The van der Waals surface area contributed by atoms with E-state index in [0.717, 1.165) is 0 Å². The van der Waals surface area contributed by atoms with E-state index in [1.54, 1.807) is 0 Å². The van der Waals surface area contributed by atoms with Gasteiger partial charge >= 0.3 is 0 Å². The second-order valence-corrected chi connectivity index (χ2v) is 2.28. The molecule has 0 aromatic carbocycles. The van der Waals surface area contributed by atoms with E-state index < -0.39 is 0 Å². The lowest BCUT2D eigenvalue weighted by atomic mass is 10.3. The van der Waals surface area contributed by atoms with Gasteiger partial charge in [-0.1, -0.05) is 0 Å². The van der Waals surface area contributed by atoms with Gasteiger partial charge in [-0.25, -0.2) is 4.98 Å². The highest BCUT2D eigenvalue weighted by Gasteiger charge is 2.20. The van der Waals surface area contributed by atoms with Crippen LogP contribution in [0.15, 0.2) is 11.1 Å². The third-order valence-corrected chi connectivity index (χ3v) is 1.54. The normalized spacial score (nSPS) is 14.4. The van der Waals surface area contributed by atoms with Gasteiger partial charge in [0.25, 0.3) is 5.56 Å². The Balaban J connectivity index is 2.66. The molecule has 0 aliphatic carbocycles. The summed E-state index contributed by atoms with van der Waals surface area (Å²) in [4.78, 5) is 27.9. The van der Waals surface area contributed by atoms with Crippen LogP contribution in [0.5, 0.6) is 0 Å². The lowest BCUT2D eigenvalue weighted by Gasteiger charge is -1.91. The van der Waals surface area contributed by atoms with Crippen molar-refractivity contribution in [3.8, 4) is 0 Å². The van der Waals surface area contributed by atoms with Crippen LogP contribution in [0.3, 0.4) is 0 Å². The average molecular weight is 151 g/mol. The van der Waals surface area contributed by atoms with Gasteiger partial charge < -0.3 is 10.3 Å². The van der Waals surface area contributed by atoms with Gasteiger partial charge in [0.05, 0.1) is 18.3 Å². The van der Waals surface area contributed by atoms with Crippen molar-refractivity contribution >= 4 is 11.7 Å². The minimum Gasteiger partial charge on any atom is -0.313 e. The van der Waals surface area contributed by atoms with Crippen molar-refractivity contribution in [2.45, 2.75) is 6.42 Å². The summed E-state index contributed by atoms with van der Waals surface area (Å²) in [5, 5.41) is 2.47. The van der Waals surface area contributed by atoms with Gasteiger partial charge in [-0.05, 0) is 0 Å². The number of fused-ring (bicyclic) bond motifs is 1. The van der Waals surface area contributed by atoms with Crippen LogP contribution in [0, 0.1) is 0 Å². The lowest BCUT2D eigenvalue weighted by Crippen LogP contribution is -2.10. The smallest absolute Gasteiger partial charge is 0.256 e. The second kappa shape index (κ2) is 1.91. The molecule has 11 heavy (non-hydrogen) atoms. The molecular weight excluding hydrogens is 146 g/mol. The van der Waals surface area contributed by atoms with Gasteiger partial charge in [0.2, 0.25) is 5.91 Å². The summed E-state index contributed by atoms with van der Waals surface area (Å²) in [5.41, 5.74) is 0.186. The molecule has 1 amide bonds. The van der Waals surface area contributed by atoms with Crippen molar-refractivity contribution < 1.29 is 4.79 Å². The molecule has 2 rings (SSSR count). The molecule has 1 aliphatic rings. The Hall–Kier alpha value is -1.65. The number of carbonyl (C=O) groups excluding carboxylic acids is 1. The molecule has 0 atom stereocenters. The molecule has 56 valence electrons. The number of hydrogen-bond donors (Lipinski definition) is 2. The molecule has 5 nitrogen and oxygen atoms in total. The van der Waals surface area contributed by atoms with Crippen molar-refractivity contribution in [1.29, 1.82) is 0 Å². The highest BCUT2D eigenvalue weighted by atomic mass is 16.2. The summed E-state index contributed by atoms with van der Waals surface area (Å²) < 4.78 is 0. The minimum atomic E-state index is -0.242. The Morgan fingerprint density at radius 2 is 2.27 bits per heavy atom. The van der Waals surface area contributed by atoms with Crippen molar-refractivity contribution in [1.82, 2.24) is 9.97 Å². The maximum Gasteiger partial charge on any atom is 0.256 e. The largest absolute Gasteiger partial charge is 0.313 e. The number of nitrogens with zero attached hydrogens (tertiary/aromatic N) is 1. The lowest BCUT2D eigenvalue weighted by molar-refractivity contribution is -0.115. The standard InChI is InChI=1S/C6H5N3O2/c10-4-1-3-5(9-4)7-2-8-6(3)11/h2H,1H2,(H2,7,8,9,10,11). The molecule has 0 fully saturated rings. The Labute approximate surface area is 61.5 Å². The van der Waals surface area contributed by atoms with Crippen LogP contribution in [-0.2, 0) is 11.2 Å². The van der Waals surface area contributed by atoms with E-state index in [1.807, 2.05) is 0 Å². The number of H-pyrrole nitrogens is 1. The van der Waals surface area contributed by atoms with E-state index in [9.17, 15) is 9.59 Å². The number of aromatic amines is 1. The molecule has 2 N–H and O–H groups in total. The van der Waals surface area contributed by atoms with E-state index >= 15 is 0 Å². The molecule has 0 saturated carbocycles. The molecule has 2 heterocycles. The van der Waals surface area contributed by atoms with Crippen molar-refractivity contribution in [3.05, 3.63) is 22.2 Å². The first-order valence-electron chi connectivity index (χ1n) is 3.14. The molecule has 0 spiro atoms. The third-order valence-electron chi connectivity index (χ3n) is 1.54. The van der Waals surface area contributed by atoms with Crippen molar-refractivity contribution in [2.24, 2.45) is 0 Å². The highest BCUT2D eigenvalue weighted by molar-refractivity contribution is 5.97. The molecule has 1 aromatic rings. The number of nitrogens with one attached hydrogen (secondary N) is 2. The number of carbonyl (C=O) groups is 1. The summed E-state index contributed by atoms with van der Waals surface area (Å²) >= 11 is 0. The molecule has 0 radical (unpaired) electrons. The van der Waals surface area contributed by atoms with Gasteiger partial charge in [0.15, 0.2) is 0 Å². The number of anilines is 1. The maximum atomic E-state index is 11.0. The summed E-state index contributed by atoms with van der Waals surface area (Å²) in [6.07, 6.45) is 1.41. The summed E-state index contributed by atoms with van der Waals surface area (Å²) in [6.45, 7) is 0. The number of hydrogen-bond acceptors (Lipinski definition) is 3. The first-order chi connectivity index (χ1) is 5.27. The van der Waals surface area contributed by atoms with E-state index in [2.05, 4.69) is 15.3 Å². The first kappa shape index (κ1) is 6.09. The van der Waals surface area contributed by atoms with Gasteiger partial charge in [-0.15, -0.1) is 0 Å². The third kappa shape index (κ3) is 0.813. The van der Waals surface area contributed by atoms with Crippen LogP contribution in [0.2, 0.25) is 0 Å². The van der Waals surface area contributed by atoms with Gasteiger partial charge in [-0.3, -0.25) is 9.59 Å². The monoisotopic (exact) mass is 151 g/mol. The SMILES string of the molecule is O=C1Cc2c(nc[nH]c2=O)N1. The average Bonchev–Trinajstić information content (AvgIpc) is 2.31. The zero-order valence-corrected chi connectivity index (χ0v) is 5.55. The predicted octanol–water partition coefficient (Wildman–Crippen LogP) is -0.736. The Bertz CT molecular complexity index is 368. The fraction of sp³-hybridized carbons (Fsp3) is 0.167. The summed E-state index contributed by atoms with van der Waals surface area (Å²) in [6, 6.07) is 0. The van der Waals surface area contributed by atoms with Crippen LogP contribution >= 0.6 is 0 Å². The number of amides is 1. The molecule has 1 aliphatic heterocycles. The molecule has 1 aromatic heterocycles. The predicted molar refractivity (Wildman–Crippen MR) is 37.2 cm³/mol. The van der Waals surface area contributed by atoms with Crippen molar-refractivity contribution in [3.63, 3.8) is 0 Å². The fourth-order valence-electron chi connectivity index (χ4n) is 1.04. The van der Waals surface area contributed by atoms with Crippen LogP contribution < -0.4 is 10.9 Å². The Kier molecular flexibility index (Phi) is 1.06. The molecular formula is C6H5N3O2. The van der Waals surface area contributed by atoms with Gasteiger partial charge in [0, 0.05) is 0 Å². The number of aromatic nitrogens is 2. The van der Waals surface area contributed by atoms with E-state index in [1.165, 1.54) is 6.33 Å². The van der Waals surface area contributed by atoms with Crippen LogP contribution in [0.1, 0.15) is 5.56 Å². The summed E-state index contributed by atoms with van der Waals surface area (Å²) in [7, 11) is 0. The Morgan fingerprint density at radius 3 is 3.00 bits per heavy atom. The van der Waals surface area contributed by atoms with Crippen LogP contribution in [0.4, 0.5) is 5.82 Å². The topological polar surface area (TPSA) is 74.8 Å². The number of rotatable bonds is 0. The molecule has 5 heteroatoms. The van der Waals surface area contributed by atoms with E-state index in [-0.39, 0.29) is 17.9 Å². The molecule has 0 unspecified atom stereocenters. The van der Waals surface area contributed by atoms with Crippen LogP contribution in [0.25, 0.3) is 0 Å². The van der Waals surface area contributed by atoms with Gasteiger partial charge in [0.1, 0.15) is 5.82 Å². The van der Waals surface area contributed by atoms with Crippen molar-refractivity contribution in [2.75, 3.05) is 5.32 Å².